The highest BCUT2D eigenvalue weighted by molar-refractivity contribution is 5.36. The highest BCUT2D eigenvalue weighted by Gasteiger charge is 2.32. The maximum absolute atomic E-state index is 12.3. The van der Waals surface area contributed by atoms with Crippen LogP contribution in [-0.4, -0.2) is 18.9 Å². The molecule has 0 spiro atoms. The van der Waals surface area contributed by atoms with Gasteiger partial charge in [0.15, 0.2) is 0 Å². The van der Waals surface area contributed by atoms with Gasteiger partial charge in [-0.3, -0.25) is 5.32 Å². The SMILES string of the molecule is C#CC(C)NC(CN)c1ccccc1OC(F)(F)F. The number of hydrogen-bond acceptors (Lipinski definition) is 3. The van der Waals surface area contributed by atoms with Gasteiger partial charge in [-0.1, -0.05) is 24.1 Å². The minimum absolute atomic E-state index is 0.101. The molecule has 0 aliphatic carbocycles. The third-order valence-corrected chi connectivity index (χ3v) is 2.46. The van der Waals surface area contributed by atoms with Gasteiger partial charge in [0.25, 0.3) is 0 Å². The Morgan fingerprint density at radius 3 is 2.58 bits per heavy atom. The molecule has 1 aromatic carbocycles. The van der Waals surface area contributed by atoms with Gasteiger partial charge in [-0.05, 0) is 13.0 Å². The van der Waals surface area contributed by atoms with E-state index in [0.29, 0.717) is 5.56 Å². The molecule has 0 amide bonds. The zero-order chi connectivity index (χ0) is 14.5. The third-order valence-electron chi connectivity index (χ3n) is 2.46. The molecule has 2 atom stereocenters. The average Bonchev–Trinajstić information content (AvgIpc) is 2.34. The molecule has 0 heterocycles. The van der Waals surface area contributed by atoms with Gasteiger partial charge in [0.05, 0.1) is 6.04 Å². The number of rotatable bonds is 5. The molecular weight excluding hydrogens is 257 g/mol. The molecule has 0 aliphatic heterocycles. The van der Waals surface area contributed by atoms with Crippen molar-refractivity contribution >= 4 is 0 Å². The van der Waals surface area contributed by atoms with E-state index in [0.717, 1.165) is 0 Å². The predicted molar refractivity (Wildman–Crippen MR) is 66.4 cm³/mol. The van der Waals surface area contributed by atoms with Crippen LogP contribution in [0, 0.1) is 12.3 Å². The molecule has 1 aromatic rings. The smallest absolute Gasteiger partial charge is 0.405 e. The van der Waals surface area contributed by atoms with Crippen LogP contribution in [0.3, 0.4) is 0 Å². The average molecular weight is 272 g/mol. The Kier molecular flexibility index (Phi) is 5.21. The van der Waals surface area contributed by atoms with E-state index in [-0.39, 0.29) is 18.3 Å². The Morgan fingerprint density at radius 2 is 2.05 bits per heavy atom. The van der Waals surface area contributed by atoms with E-state index in [2.05, 4.69) is 16.0 Å². The summed E-state index contributed by atoms with van der Waals surface area (Å²) in [5, 5.41) is 2.95. The number of hydrogen-bond donors (Lipinski definition) is 2. The van der Waals surface area contributed by atoms with E-state index in [4.69, 9.17) is 12.2 Å². The molecule has 19 heavy (non-hydrogen) atoms. The van der Waals surface area contributed by atoms with Crippen LogP contribution in [0.25, 0.3) is 0 Å². The summed E-state index contributed by atoms with van der Waals surface area (Å²) in [6, 6.07) is 5.02. The Balaban J connectivity index is 3.00. The summed E-state index contributed by atoms with van der Waals surface area (Å²) in [4.78, 5) is 0. The number of alkyl halides is 3. The highest BCUT2D eigenvalue weighted by Crippen LogP contribution is 2.30. The van der Waals surface area contributed by atoms with Crippen molar-refractivity contribution in [2.75, 3.05) is 6.54 Å². The summed E-state index contributed by atoms with van der Waals surface area (Å²) in [5.41, 5.74) is 5.90. The molecule has 0 aromatic heterocycles. The predicted octanol–water partition coefficient (Wildman–Crippen LogP) is 2.20. The van der Waals surface area contributed by atoms with Gasteiger partial charge in [0, 0.05) is 18.2 Å². The second kappa shape index (κ2) is 6.45. The van der Waals surface area contributed by atoms with E-state index in [1.165, 1.54) is 18.2 Å². The number of terminal acetylenes is 1. The maximum atomic E-state index is 12.3. The van der Waals surface area contributed by atoms with Crippen molar-refractivity contribution in [3.05, 3.63) is 29.8 Å². The topological polar surface area (TPSA) is 47.3 Å². The van der Waals surface area contributed by atoms with Crippen LogP contribution < -0.4 is 15.8 Å². The van der Waals surface area contributed by atoms with Crippen molar-refractivity contribution < 1.29 is 17.9 Å². The lowest BCUT2D eigenvalue weighted by molar-refractivity contribution is -0.275. The fourth-order valence-electron chi connectivity index (χ4n) is 1.62. The van der Waals surface area contributed by atoms with Crippen LogP contribution in [0.5, 0.6) is 5.75 Å². The highest BCUT2D eigenvalue weighted by atomic mass is 19.4. The molecule has 0 bridgehead atoms. The number of ether oxygens (including phenoxy) is 1. The van der Waals surface area contributed by atoms with Gasteiger partial charge in [-0.15, -0.1) is 19.6 Å². The van der Waals surface area contributed by atoms with E-state index < -0.39 is 12.4 Å². The largest absolute Gasteiger partial charge is 0.573 e. The quantitative estimate of drug-likeness (QED) is 0.808. The Morgan fingerprint density at radius 1 is 1.42 bits per heavy atom. The fraction of sp³-hybridized carbons (Fsp3) is 0.385. The molecule has 0 fully saturated rings. The molecule has 3 N–H and O–H groups in total. The van der Waals surface area contributed by atoms with Gasteiger partial charge in [-0.25, -0.2) is 0 Å². The van der Waals surface area contributed by atoms with Crippen molar-refractivity contribution in [3.63, 3.8) is 0 Å². The molecule has 3 nitrogen and oxygen atoms in total. The van der Waals surface area contributed by atoms with Crippen molar-refractivity contribution in [1.82, 2.24) is 5.32 Å². The zero-order valence-corrected chi connectivity index (χ0v) is 10.4. The summed E-state index contributed by atoms with van der Waals surface area (Å²) in [6.07, 6.45) is 0.485. The molecule has 104 valence electrons. The molecule has 1 rings (SSSR count). The second-order valence-corrected chi connectivity index (χ2v) is 3.93. The van der Waals surface area contributed by atoms with Crippen LogP contribution in [-0.2, 0) is 0 Å². The summed E-state index contributed by atoms with van der Waals surface area (Å²) in [7, 11) is 0. The third kappa shape index (κ3) is 4.81. The van der Waals surface area contributed by atoms with Crippen molar-refractivity contribution in [3.8, 4) is 18.1 Å². The number of para-hydroxylation sites is 1. The molecule has 0 aliphatic rings. The lowest BCUT2D eigenvalue weighted by atomic mass is 10.0. The van der Waals surface area contributed by atoms with Crippen LogP contribution in [0.1, 0.15) is 18.5 Å². The van der Waals surface area contributed by atoms with Crippen LogP contribution >= 0.6 is 0 Å². The van der Waals surface area contributed by atoms with Crippen molar-refractivity contribution in [2.24, 2.45) is 5.73 Å². The zero-order valence-electron chi connectivity index (χ0n) is 10.4. The molecule has 0 saturated heterocycles. The number of benzene rings is 1. The van der Waals surface area contributed by atoms with Gasteiger partial charge < -0.3 is 10.5 Å². The molecular formula is C13H15F3N2O. The number of halogens is 3. The summed E-state index contributed by atoms with van der Waals surface area (Å²) in [6.45, 7) is 1.82. The summed E-state index contributed by atoms with van der Waals surface area (Å²) >= 11 is 0. The summed E-state index contributed by atoms with van der Waals surface area (Å²) < 4.78 is 40.9. The van der Waals surface area contributed by atoms with Crippen molar-refractivity contribution in [2.45, 2.75) is 25.4 Å². The van der Waals surface area contributed by atoms with Gasteiger partial charge in [0.2, 0.25) is 0 Å². The number of nitrogens with two attached hydrogens (primary N) is 1. The van der Waals surface area contributed by atoms with E-state index in [1.807, 2.05) is 0 Å². The van der Waals surface area contributed by atoms with Crippen LogP contribution in [0.4, 0.5) is 13.2 Å². The van der Waals surface area contributed by atoms with E-state index in [1.54, 1.807) is 13.0 Å². The second-order valence-electron chi connectivity index (χ2n) is 3.93. The van der Waals surface area contributed by atoms with Crippen LogP contribution in [0.2, 0.25) is 0 Å². The first kappa shape index (κ1) is 15.3. The molecule has 6 heteroatoms. The Bertz CT molecular complexity index is 454. The fourth-order valence-corrected chi connectivity index (χ4v) is 1.62. The van der Waals surface area contributed by atoms with E-state index >= 15 is 0 Å². The minimum Gasteiger partial charge on any atom is -0.405 e. The first-order valence-corrected chi connectivity index (χ1v) is 5.64. The van der Waals surface area contributed by atoms with E-state index in [9.17, 15) is 13.2 Å². The van der Waals surface area contributed by atoms with Gasteiger partial charge in [-0.2, -0.15) is 0 Å². The Labute approximate surface area is 109 Å². The molecule has 2 unspecified atom stereocenters. The van der Waals surface area contributed by atoms with Gasteiger partial charge >= 0.3 is 6.36 Å². The first-order chi connectivity index (χ1) is 8.87. The molecule has 0 radical (unpaired) electrons. The maximum Gasteiger partial charge on any atom is 0.573 e. The lowest BCUT2D eigenvalue weighted by Gasteiger charge is -2.22. The monoisotopic (exact) mass is 272 g/mol. The van der Waals surface area contributed by atoms with Crippen LogP contribution in [0.15, 0.2) is 24.3 Å². The standard InChI is InChI=1S/C13H15F3N2O/c1-3-9(2)18-11(8-17)10-6-4-5-7-12(10)19-13(14,15)16/h1,4-7,9,11,18H,8,17H2,2H3. The van der Waals surface area contributed by atoms with Gasteiger partial charge in [0.1, 0.15) is 5.75 Å². The number of nitrogens with one attached hydrogen (secondary N) is 1. The summed E-state index contributed by atoms with van der Waals surface area (Å²) in [5.74, 6) is 2.16. The minimum atomic E-state index is -4.74. The molecule has 0 saturated carbocycles. The Hall–Kier alpha value is -1.71. The first-order valence-electron chi connectivity index (χ1n) is 5.64. The lowest BCUT2D eigenvalue weighted by Crippen LogP contribution is -2.34. The van der Waals surface area contributed by atoms with Crippen molar-refractivity contribution in [1.29, 1.82) is 0 Å². The normalized spacial score (nSPS) is 14.5.